The van der Waals surface area contributed by atoms with Crippen LogP contribution < -0.4 is 10.2 Å². The van der Waals surface area contributed by atoms with Crippen molar-refractivity contribution < 1.29 is 9.32 Å². The quantitative estimate of drug-likeness (QED) is 0.603. The van der Waals surface area contributed by atoms with Gasteiger partial charge in [0.05, 0.1) is 6.04 Å². The summed E-state index contributed by atoms with van der Waals surface area (Å²) in [7, 11) is 8.08. The molecule has 1 unspecified atom stereocenters. The number of fused-ring (bicyclic) bond motifs is 1. The fourth-order valence-corrected chi connectivity index (χ4v) is 4.28. The second kappa shape index (κ2) is 9.57. The van der Waals surface area contributed by atoms with Crippen LogP contribution in [0.5, 0.6) is 0 Å². The van der Waals surface area contributed by atoms with E-state index in [1.54, 1.807) is 6.07 Å². The number of nitrogens with one attached hydrogen (secondary N) is 1. The van der Waals surface area contributed by atoms with Gasteiger partial charge in [0.15, 0.2) is 11.5 Å². The molecular formula is C26H32N4O2. The fourth-order valence-electron chi connectivity index (χ4n) is 4.28. The SMILES string of the molecule is CN(C)c1ccc(C(CNC(=O)c2cc(-c3ccc4c(c3)CCCC4)on2)N(C)C)cc1. The third-order valence-corrected chi connectivity index (χ3v) is 6.25. The number of nitrogens with zero attached hydrogens (tertiary/aromatic N) is 3. The van der Waals surface area contributed by atoms with E-state index < -0.39 is 0 Å². The molecule has 3 aromatic rings. The Balaban J connectivity index is 1.43. The van der Waals surface area contributed by atoms with Gasteiger partial charge in [-0.2, -0.15) is 0 Å². The maximum Gasteiger partial charge on any atom is 0.273 e. The molecule has 168 valence electrons. The Morgan fingerprint density at radius 3 is 2.41 bits per heavy atom. The second-order valence-electron chi connectivity index (χ2n) is 8.94. The van der Waals surface area contributed by atoms with Crippen LogP contribution in [0.3, 0.4) is 0 Å². The minimum atomic E-state index is -0.227. The first kappa shape index (κ1) is 22.1. The molecule has 0 bridgehead atoms. The number of amides is 1. The Hall–Kier alpha value is -3.12. The van der Waals surface area contributed by atoms with Gasteiger partial charge in [-0.3, -0.25) is 4.79 Å². The topological polar surface area (TPSA) is 61.6 Å². The van der Waals surface area contributed by atoms with Gasteiger partial charge in [-0.25, -0.2) is 0 Å². The molecule has 0 radical (unpaired) electrons. The van der Waals surface area contributed by atoms with Gasteiger partial charge in [0, 0.05) is 38.0 Å². The summed E-state index contributed by atoms with van der Waals surface area (Å²) in [4.78, 5) is 16.9. The molecule has 1 N–H and O–H groups in total. The summed E-state index contributed by atoms with van der Waals surface area (Å²) in [6, 6.07) is 16.6. The lowest BCUT2D eigenvalue weighted by atomic mass is 9.90. The third-order valence-electron chi connectivity index (χ3n) is 6.25. The largest absolute Gasteiger partial charge is 0.378 e. The van der Waals surface area contributed by atoms with Gasteiger partial charge in [-0.1, -0.05) is 29.4 Å². The van der Waals surface area contributed by atoms with E-state index >= 15 is 0 Å². The molecule has 4 rings (SSSR count). The minimum absolute atomic E-state index is 0.0576. The lowest BCUT2D eigenvalue weighted by Crippen LogP contribution is -2.34. The number of aryl methyl sites for hydroxylation is 2. The van der Waals surface area contributed by atoms with Crippen LogP contribution in [0.15, 0.2) is 53.1 Å². The van der Waals surface area contributed by atoms with Crippen LogP contribution in [0.2, 0.25) is 0 Å². The van der Waals surface area contributed by atoms with E-state index in [4.69, 9.17) is 4.52 Å². The van der Waals surface area contributed by atoms with Gasteiger partial charge < -0.3 is 19.6 Å². The van der Waals surface area contributed by atoms with E-state index in [9.17, 15) is 4.79 Å². The van der Waals surface area contributed by atoms with Gasteiger partial charge in [-0.15, -0.1) is 0 Å². The van der Waals surface area contributed by atoms with Gasteiger partial charge in [0.2, 0.25) is 0 Å². The zero-order valence-electron chi connectivity index (χ0n) is 19.4. The molecule has 6 nitrogen and oxygen atoms in total. The molecule has 1 aromatic heterocycles. The predicted octanol–water partition coefficient (Wildman–Crippen LogP) is 4.32. The van der Waals surface area contributed by atoms with Crippen molar-refractivity contribution in [2.45, 2.75) is 31.7 Å². The Morgan fingerprint density at radius 2 is 1.72 bits per heavy atom. The summed E-state index contributed by atoms with van der Waals surface area (Å²) < 4.78 is 5.51. The van der Waals surface area contributed by atoms with Crippen molar-refractivity contribution in [1.82, 2.24) is 15.4 Å². The first-order valence-corrected chi connectivity index (χ1v) is 11.2. The smallest absolute Gasteiger partial charge is 0.273 e. The van der Waals surface area contributed by atoms with Crippen LogP contribution in [0.25, 0.3) is 11.3 Å². The number of benzene rings is 2. The zero-order chi connectivity index (χ0) is 22.7. The van der Waals surface area contributed by atoms with E-state index in [0.29, 0.717) is 18.0 Å². The third kappa shape index (κ3) is 4.86. The number of aromatic nitrogens is 1. The summed E-state index contributed by atoms with van der Waals surface area (Å²) in [5, 5.41) is 7.04. The molecule has 2 aromatic carbocycles. The van der Waals surface area contributed by atoms with Crippen molar-refractivity contribution in [2.75, 3.05) is 39.6 Å². The van der Waals surface area contributed by atoms with Crippen molar-refractivity contribution in [1.29, 1.82) is 0 Å². The molecule has 0 spiro atoms. The molecule has 1 aliphatic rings. The van der Waals surface area contributed by atoms with E-state index in [1.165, 1.54) is 24.0 Å². The monoisotopic (exact) mass is 432 g/mol. The molecule has 32 heavy (non-hydrogen) atoms. The van der Waals surface area contributed by atoms with Crippen LogP contribution in [-0.2, 0) is 12.8 Å². The van der Waals surface area contributed by atoms with E-state index in [1.807, 2.05) is 28.2 Å². The number of hydrogen-bond donors (Lipinski definition) is 1. The van der Waals surface area contributed by atoms with E-state index in [2.05, 4.69) is 62.7 Å². The Morgan fingerprint density at radius 1 is 1.00 bits per heavy atom. The molecule has 1 atom stereocenters. The van der Waals surface area contributed by atoms with Crippen LogP contribution >= 0.6 is 0 Å². The van der Waals surface area contributed by atoms with Gasteiger partial charge >= 0.3 is 0 Å². The molecule has 0 aliphatic heterocycles. The average molecular weight is 433 g/mol. The van der Waals surface area contributed by atoms with Crippen molar-refractivity contribution >= 4 is 11.6 Å². The molecule has 1 aliphatic carbocycles. The number of rotatable bonds is 7. The van der Waals surface area contributed by atoms with Crippen LogP contribution in [0.4, 0.5) is 5.69 Å². The first-order valence-electron chi connectivity index (χ1n) is 11.2. The minimum Gasteiger partial charge on any atom is -0.378 e. The predicted molar refractivity (Wildman–Crippen MR) is 128 cm³/mol. The number of anilines is 1. The molecular weight excluding hydrogens is 400 g/mol. The molecule has 0 fully saturated rings. The highest BCUT2D eigenvalue weighted by Crippen LogP contribution is 2.28. The normalized spacial score (nSPS) is 14.2. The van der Waals surface area contributed by atoms with Gasteiger partial charge in [0.25, 0.3) is 5.91 Å². The molecule has 1 heterocycles. The maximum atomic E-state index is 12.8. The average Bonchev–Trinajstić information content (AvgIpc) is 3.29. The summed E-state index contributed by atoms with van der Waals surface area (Å²) >= 11 is 0. The maximum absolute atomic E-state index is 12.8. The molecule has 1 amide bonds. The lowest BCUT2D eigenvalue weighted by Gasteiger charge is -2.25. The molecule has 6 heteroatoms. The summed E-state index contributed by atoms with van der Waals surface area (Å²) in [6.45, 7) is 0.480. The summed E-state index contributed by atoms with van der Waals surface area (Å²) in [6.07, 6.45) is 4.73. The van der Waals surface area contributed by atoms with Crippen LogP contribution in [0.1, 0.15) is 46.1 Å². The van der Waals surface area contributed by atoms with Gasteiger partial charge in [0.1, 0.15) is 0 Å². The highest BCUT2D eigenvalue weighted by molar-refractivity contribution is 5.93. The molecule has 0 saturated carbocycles. The van der Waals surface area contributed by atoms with Crippen molar-refractivity contribution in [3.63, 3.8) is 0 Å². The summed E-state index contributed by atoms with van der Waals surface area (Å²) in [5.74, 6) is 0.404. The Labute approximate surface area is 190 Å². The standard InChI is InChI=1S/C26H32N4O2/c1-29(2)22-13-11-19(12-14-22)24(30(3)4)17-27-26(31)23-16-25(32-28-23)21-10-9-18-7-5-6-8-20(18)15-21/h9-16,24H,5-8,17H2,1-4H3,(H,27,31). The van der Waals surface area contributed by atoms with Crippen molar-refractivity contribution in [2.24, 2.45) is 0 Å². The number of carbonyl (C=O) groups excluding carboxylic acids is 1. The molecule has 0 saturated heterocycles. The fraction of sp³-hybridized carbons (Fsp3) is 0.385. The highest BCUT2D eigenvalue weighted by atomic mass is 16.5. The van der Waals surface area contributed by atoms with Crippen molar-refractivity contribution in [3.05, 3.63) is 70.9 Å². The Kier molecular flexibility index (Phi) is 6.61. The highest BCUT2D eigenvalue weighted by Gasteiger charge is 2.19. The second-order valence-corrected chi connectivity index (χ2v) is 8.94. The van der Waals surface area contributed by atoms with Crippen LogP contribution in [-0.4, -0.2) is 50.7 Å². The Bertz CT molecular complexity index is 1070. The number of likely N-dealkylation sites (N-methyl/N-ethyl adjacent to an activating group) is 1. The zero-order valence-corrected chi connectivity index (χ0v) is 19.4. The summed E-state index contributed by atoms with van der Waals surface area (Å²) in [5.41, 5.74) is 6.38. The van der Waals surface area contributed by atoms with E-state index in [0.717, 1.165) is 29.7 Å². The number of hydrogen-bond acceptors (Lipinski definition) is 5. The van der Waals surface area contributed by atoms with Gasteiger partial charge in [-0.05, 0) is 74.7 Å². The first-order chi connectivity index (χ1) is 15.4. The van der Waals surface area contributed by atoms with Crippen LogP contribution in [0, 0.1) is 0 Å². The van der Waals surface area contributed by atoms with Crippen molar-refractivity contribution in [3.8, 4) is 11.3 Å². The lowest BCUT2D eigenvalue weighted by molar-refractivity contribution is 0.0933. The van der Waals surface area contributed by atoms with E-state index in [-0.39, 0.29) is 11.9 Å². The number of carbonyl (C=O) groups is 1.